The summed E-state index contributed by atoms with van der Waals surface area (Å²) in [6, 6.07) is 6.24. The number of piperidine rings is 1. The minimum atomic E-state index is 0.640. The average molecular weight is 332 g/mol. The van der Waals surface area contributed by atoms with Crippen LogP contribution < -0.4 is 9.47 Å². The van der Waals surface area contributed by atoms with Gasteiger partial charge in [0.15, 0.2) is 11.5 Å². The van der Waals surface area contributed by atoms with E-state index in [9.17, 15) is 0 Å². The number of benzene rings is 1. The van der Waals surface area contributed by atoms with Gasteiger partial charge in [0.05, 0.1) is 18.7 Å². The minimum Gasteiger partial charge on any atom is -0.493 e. The van der Waals surface area contributed by atoms with Crippen molar-refractivity contribution < 1.29 is 9.47 Å². The Hall–Kier alpha value is -1.59. The number of likely N-dealkylation sites (tertiary alicyclic amines) is 1. The maximum absolute atomic E-state index is 5.67. The highest BCUT2D eigenvalue weighted by molar-refractivity contribution is 7.09. The summed E-state index contributed by atoms with van der Waals surface area (Å²) in [6.45, 7) is 5.86. The fourth-order valence-corrected chi connectivity index (χ4v) is 3.93. The molecule has 0 spiro atoms. The van der Waals surface area contributed by atoms with Gasteiger partial charge in [0.1, 0.15) is 0 Å². The van der Waals surface area contributed by atoms with Crippen molar-refractivity contribution in [2.45, 2.75) is 32.2 Å². The van der Waals surface area contributed by atoms with Crippen LogP contribution >= 0.6 is 11.3 Å². The van der Waals surface area contributed by atoms with Gasteiger partial charge in [-0.25, -0.2) is 4.98 Å². The smallest absolute Gasteiger partial charge is 0.161 e. The molecular formula is C18H24N2O2S. The van der Waals surface area contributed by atoms with Crippen molar-refractivity contribution in [3.63, 3.8) is 0 Å². The molecule has 0 N–H and O–H groups in total. The third kappa shape index (κ3) is 4.03. The molecular weight excluding hydrogens is 308 g/mol. The van der Waals surface area contributed by atoms with E-state index in [1.165, 1.54) is 23.4 Å². The Kier molecular flexibility index (Phi) is 5.51. The van der Waals surface area contributed by atoms with Crippen molar-refractivity contribution in [1.29, 1.82) is 0 Å². The molecule has 5 heteroatoms. The van der Waals surface area contributed by atoms with Gasteiger partial charge in [-0.1, -0.05) is 6.07 Å². The lowest BCUT2D eigenvalue weighted by Crippen LogP contribution is -2.32. The highest BCUT2D eigenvalue weighted by Crippen LogP contribution is 2.31. The third-order valence-electron chi connectivity index (χ3n) is 4.32. The number of hydrogen-bond acceptors (Lipinski definition) is 5. The first-order chi connectivity index (χ1) is 11.3. The van der Waals surface area contributed by atoms with E-state index in [0.29, 0.717) is 12.5 Å². The fourth-order valence-electron chi connectivity index (χ4n) is 3.12. The second kappa shape index (κ2) is 7.79. The maximum atomic E-state index is 5.67. The molecule has 0 radical (unpaired) electrons. The predicted molar refractivity (Wildman–Crippen MR) is 93.5 cm³/mol. The number of methoxy groups -OCH3 is 1. The van der Waals surface area contributed by atoms with Gasteiger partial charge in [-0.05, 0) is 50.6 Å². The molecule has 0 aliphatic carbocycles. The Morgan fingerprint density at radius 1 is 1.26 bits per heavy atom. The molecule has 3 rings (SSSR count). The van der Waals surface area contributed by atoms with E-state index < -0.39 is 0 Å². The highest BCUT2D eigenvalue weighted by Gasteiger charge is 2.22. The number of nitrogens with zero attached hydrogens (tertiary/aromatic N) is 2. The van der Waals surface area contributed by atoms with Crippen LogP contribution in [0.3, 0.4) is 0 Å². The molecule has 2 heterocycles. The molecule has 1 aromatic carbocycles. The van der Waals surface area contributed by atoms with Gasteiger partial charge >= 0.3 is 0 Å². The molecule has 0 bridgehead atoms. The fraction of sp³-hybridized carbons (Fsp3) is 0.500. The Morgan fingerprint density at radius 2 is 2.09 bits per heavy atom. The highest BCUT2D eigenvalue weighted by atomic mass is 32.1. The molecule has 1 aromatic heterocycles. The monoisotopic (exact) mass is 332 g/mol. The van der Waals surface area contributed by atoms with Crippen molar-refractivity contribution in [3.8, 4) is 11.5 Å². The van der Waals surface area contributed by atoms with E-state index in [1.54, 1.807) is 18.4 Å². The second-order valence-corrected chi connectivity index (χ2v) is 6.77. The summed E-state index contributed by atoms with van der Waals surface area (Å²) in [5, 5.41) is 3.38. The molecule has 1 fully saturated rings. The van der Waals surface area contributed by atoms with Gasteiger partial charge < -0.3 is 9.47 Å². The standard InChI is InChI=1S/C18H24N2O2S/c1-3-22-17-12-14(4-5-16(17)21-2)13-20-9-6-15(7-10-20)18-19-8-11-23-18/h4-5,8,11-12,15H,3,6-7,9-10,13H2,1-2H3. The normalized spacial score (nSPS) is 16.4. The Bertz CT molecular complexity index is 607. The summed E-state index contributed by atoms with van der Waals surface area (Å²) in [5.41, 5.74) is 1.28. The van der Waals surface area contributed by atoms with Gasteiger partial charge in [-0.15, -0.1) is 11.3 Å². The molecule has 0 saturated carbocycles. The summed E-state index contributed by atoms with van der Waals surface area (Å²) in [7, 11) is 1.68. The molecule has 4 nitrogen and oxygen atoms in total. The van der Waals surface area contributed by atoms with Crippen molar-refractivity contribution in [3.05, 3.63) is 40.3 Å². The number of aromatic nitrogens is 1. The first-order valence-electron chi connectivity index (χ1n) is 8.21. The zero-order chi connectivity index (χ0) is 16.1. The first kappa shape index (κ1) is 16.3. The summed E-state index contributed by atoms with van der Waals surface area (Å²) in [4.78, 5) is 6.99. The molecule has 124 valence electrons. The van der Waals surface area contributed by atoms with Gasteiger partial charge in [-0.3, -0.25) is 4.90 Å². The number of ether oxygens (including phenoxy) is 2. The van der Waals surface area contributed by atoms with Crippen LogP contribution in [0.25, 0.3) is 0 Å². The van der Waals surface area contributed by atoms with E-state index in [4.69, 9.17) is 9.47 Å². The molecule has 1 saturated heterocycles. The molecule has 1 aliphatic heterocycles. The van der Waals surface area contributed by atoms with Gasteiger partial charge in [0.2, 0.25) is 0 Å². The molecule has 0 unspecified atom stereocenters. The molecule has 23 heavy (non-hydrogen) atoms. The summed E-state index contributed by atoms with van der Waals surface area (Å²) in [6.07, 6.45) is 4.31. The molecule has 0 atom stereocenters. The van der Waals surface area contributed by atoms with Crippen LogP contribution in [-0.2, 0) is 6.54 Å². The second-order valence-electron chi connectivity index (χ2n) is 5.84. The summed E-state index contributed by atoms with van der Waals surface area (Å²) in [5.74, 6) is 2.28. The molecule has 1 aliphatic rings. The van der Waals surface area contributed by atoms with E-state index in [0.717, 1.165) is 31.1 Å². The van der Waals surface area contributed by atoms with Crippen LogP contribution in [0, 0.1) is 0 Å². The van der Waals surface area contributed by atoms with Crippen molar-refractivity contribution in [2.75, 3.05) is 26.8 Å². The van der Waals surface area contributed by atoms with Crippen LogP contribution in [-0.4, -0.2) is 36.7 Å². The Balaban J connectivity index is 1.59. The predicted octanol–water partition coefficient (Wildman–Crippen LogP) is 3.93. The van der Waals surface area contributed by atoms with E-state index >= 15 is 0 Å². The number of rotatable bonds is 6. The zero-order valence-electron chi connectivity index (χ0n) is 13.8. The van der Waals surface area contributed by atoms with Crippen LogP contribution in [0.15, 0.2) is 29.8 Å². The lowest BCUT2D eigenvalue weighted by atomic mass is 9.97. The number of hydrogen-bond donors (Lipinski definition) is 0. The number of thiazole rings is 1. The third-order valence-corrected chi connectivity index (χ3v) is 5.26. The van der Waals surface area contributed by atoms with Crippen LogP contribution in [0.4, 0.5) is 0 Å². The van der Waals surface area contributed by atoms with Gasteiger partial charge in [-0.2, -0.15) is 0 Å². The van der Waals surface area contributed by atoms with Crippen LogP contribution in [0.1, 0.15) is 36.3 Å². The van der Waals surface area contributed by atoms with E-state index in [-0.39, 0.29) is 0 Å². The zero-order valence-corrected chi connectivity index (χ0v) is 14.6. The largest absolute Gasteiger partial charge is 0.493 e. The van der Waals surface area contributed by atoms with E-state index in [2.05, 4.69) is 27.4 Å². The topological polar surface area (TPSA) is 34.6 Å². The lowest BCUT2D eigenvalue weighted by molar-refractivity contribution is 0.204. The lowest BCUT2D eigenvalue weighted by Gasteiger charge is -2.31. The van der Waals surface area contributed by atoms with Crippen molar-refractivity contribution in [2.24, 2.45) is 0 Å². The molecule has 2 aromatic rings. The van der Waals surface area contributed by atoms with E-state index in [1.807, 2.05) is 19.2 Å². The average Bonchev–Trinajstić information content (AvgIpc) is 3.11. The van der Waals surface area contributed by atoms with Gasteiger partial charge in [0, 0.05) is 24.0 Å². The summed E-state index contributed by atoms with van der Waals surface area (Å²) >= 11 is 1.79. The van der Waals surface area contributed by atoms with Crippen LogP contribution in [0.2, 0.25) is 0 Å². The first-order valence-corrected chi connectivity index (χ1v) is 9.09. The van der Waals surface area contributed by atoms with Crippen molar-refractivity contribution in [1.82, 2.24) is 9.88 Å². The Morgan fingerprint density at radius 3 is 2.74 bits per heavy atom. The quantitative estimate of drug-likeness (QED) is 0.803. The van der Waals surface area contributed by atoms with Crippen molar-refractivity contribution >= 4 is 11.3 Å². The maximum Gasteiger partial charge on any atom is 0.161 e. The SMILES string of the molecule is CCOc1cc(CN2CCC(c3nccs3)CC2)ccc1OC. The van der Waals surface area contributed by atoms with Gasteiger partial charge in [0.25, 0.3) is 0 Å². The van der Waals surface area contributed by atoms with Crippen LogP contribution in [0.5, 0.6) is 11.5 Å². The summed E-state index contributed by atoms with van der Waals surface area (Å²) < 4.78 is 11.0. The molecule has 0 amide bonds. The Labute approximate surface area is 142 Å². The minimum absolute atomic E-state index is 0.640.